The van der Waals surface area contributed by atoms with Crippen molar-refractivity contribution >= 4 is 29.9 Å². The summed E-state index contributed by atoms with van der Waals surface area (Å²) in [6.45, 7) is 3.53. The third-order valence-electron chi connectivity index (χ3n) is 2.90. The highest BCUT2D eigenvalue weighted by molar-refractivity contribution is 6.30. The largest absolute Gasteiger partial charge is 0.336 e. The molecule has 1 aromatic carbocycles. The van der Waals surface area contributed by atoms with E-state index in [-0.39, 0.29) is 29.0 Å². The number of carbonyl (C=O) groups is 1. The van der Waals surface area contributed by atoms with Crippen LogP contribution in [0.5, 0.6) is 0 Å². The maximum atomic E-state index is 13.6. The Labute approximate surface area is 121 Å². The summed E-state index contributed by atoms with van der Waals surface area (Å²) in [5, 5.41) is 2.85. The Morgan fingerprint density at radius 2 is 2.11 bits per heavy atom. The second-order valence-corrected chi connectivity index (χ2v) is 4.76. The fourth-order valence-electron chi connectivity index (χ4n) is 1.97. The summed E-state index contributed by atoms with van der Waals surface area (Å²) < 4.78 is 26.9. The van der Waals surface area contributed by atoms with Gasteiger partial charge in [0.05, 0.1) is 10.6 Å². The molecule has 0 spiro atoms. The summed E-state index contributed by atoms with van der Waals surface area (Å²) in [5.74, 6) is -2.08. The molecule has 1 atom stereocenters. The van der Waals surface area contributed by atoms with Crippen LogP contribution in [0.25, 0.3) is 0 Å². The Bertz CT molecular complexity index is 485. The molecular weight excluding hydrogens is 297 g/mol. The standard InChI is InChI=1S/C12H13ClF2N2O.ClH/c1-7-6-17(3-2-16-7)12(18)8-4-11(15)9(13)5-10(8)14;/h4-5,7,16H,2-3,6H2,1H3;1H/t7-;/m1./s1. The van der Waals surface area contributed by atoms with Crippen molar-refractivity contribution in [3.05, 3.63) is 34.4 Å². The van der Waals surface area contributed by atoms with Gasteiger partial charge in [0, 0.05) is 25.7 Å². The number of carbonyl (C=O) groups excluding carboxylic acids is 1. The molecule has 7 heteroatoms. The molecule has 3 nitrogen and oxygen atoms in total. The Morgan fingerprint density at radius 3 is 2.74 bits per heavy atom. The Morgan fingerprint density at radius 1 is 1.42 bits per heavy atom. The lowest BCUT2D eigenvalue weighted by Crippen LogP contribution is -2.51. The molecule has 0 radical (unpaired) electrons. The van der Waals surface area contributed by atoms with Crippen LogP contribution in [0.4, 0.5) is 8.78 Å². The molecule has 0 aromatic heterocycles. The molecule has 1 aliphatic rings. The number of nitrogens with one attached hydrogen (secondary N) is 1. The van der Waals surface area contributed by atoms with Crippen LogP contribution in [0.1, 0.15) is 17.3 Å². The van der Waals surface area contributed by atoms with Crippen molar-refractivity contribution in [2.45, 2.75) is 13.0 Å². The van der Waals surface area contributed by atoms with E-state index in [1.807, 2.05) is 6.92 Å². The Hall–Kier alpha value is -0.910. The molecule has 19 heavy (non-hydrogen) atoms. The Kier molecular flexibility index (Phi) is 5.52. The average molecular weight is 311 g/mol. The highest BCUT2D eigenvalue weighted by atomic mass is 35.5. The molecule has 106 valence electrons. The minimum atomic E-state index is -0.794. The third-order valence-corrected chi connectivity index (χ3v) is 3.19. The first-order valence-electron chi connectivity index (χ1n) is 5.66. The van der Waals surface area contributed by atoms with Crippen LogP contribution in [0, 0.1) is 11.6 Å². The van der Waals surface area contributed by atoms with Crippen LogP contribution in [-0.4, -0.2) is 36.5 Å². The van der Waals surface area contributed by atoms with Gasteiger partial charge in [0.2, 0.25) is 0 Å². The van der Waals surface area contributed by atoms with E-state index in [1.165, 1.54) is 4.90 Å². The van der Waals surface area contributed by atoms with Crippen molar-refractivity contribution in [3.8, 4) is 0 Å². The van der Waals surface area contributed by atoms with Crippen molar-refractivity contribution in [2.24, 2.45) is 0 Å². The molecule has 2 rings (SSSR count). The Balaban J connectivity index is 0.00000180. The first-order valence-corrected chi connectivity index (χ1v) is 6.04. The highest BCUT2D eigenvalue weighted by Crippen LogP contribution is 2.20. The summed E-state index contributed by atoms with van der Waals surface area (Å²) in [4.78, 5) is 13.6. The van der Waals surface area contributed by atoms with Gasteiger partial charge in [-0.2, -0.15) is 0 Å². The zero-order chi connectivity index (χ0) is 13.3. The summed E-state index contributed by atoms with van der Waals surface area (Å²) in [7, 11) is 0. The van der Waals surface area contributed by atoms with Gasteiger partial charge in [-0.1, -0.05) is 11.6 Å². The zero-order valence-electron chi connectivity index (χ0n) is 10.3. The molecule has 1 amide bonds. The number of amides is 1. The molecule has 1 heterocycles. The van der Waals surface area contributed by atoms with Gasteiger partial charge < -0.3 is 10.2 Å². The van der Waals surface area contributed by atoms with Crippen LogP contribution in [0.2, 0.25) is 5.02 Å². The SMILES string of the molecule is C[C@@H]1CN(C(=O)c2cc(F)c(Cl)cc2F)CCN1.Cl. The lowest BCUT2D eigenvalue weighted by molar-refractivity contribution is 0.0704. The average Bonchev–Trinajstić information content (AvgIpc) is 2.33. The minimum absolute atomic E-state index is 0. The van der Waals surface area contributed by atoms with E-state index in [4.69, 9.17) is 11.6 Å². The van der Waals surface area contributed by atoms with Gasteiger partial charge in [0.25, 0.3) is 5.91 Å². The van der Waals surface area contributed by atoms with E-state index < -0.39 is 17.5 Å². The number of hydrogen-bond donors (Lipinski definition) is 1. The summed E-state index contributed by atoms with van der Waals surface area (Å²) in [6, 6.07) is 1.82. The number of rotatable bonds is 1. The smallest absolute Gasteiger partial charge is 0.257 e. The van der Waals surface area contributed by atoms with Crippen LogP contribution >= 0.6 is 24.0 Å². The maximum Gasteiger partial charge on any atom is 0.257 e. The van der Waals surface area contributed by atoms with Crippen molar-refractivity contribution in [2.75, 3.05) is 19.6 Å². The van der Waals surface area contributed by atoms with Crippen LogP contribution in [0.3, 0.4) is 0 Å². The predicted octanol–water partition coefficient (Wildman–Crippen LogP) is 2.47. The minimum Gasteiger partial charge on any atom is -0.336 e. The van der Waals surface area contributed by atoms with Gasteiger partial charge in [-0.15, -0.1) is 12.4 Å². The first kappa shape index (κ1) is 16.1. The highest BCUT2D eigenvalue weighted by Gasteiger charge is 2.24. The second kappa shape index (κ2) is 6.50. The topological polar surface area (TPSA) is 32.3 Å². The zero-order valence-corrected chi connectivity index (χ0v) is 11.8. The molecule has 0 bridgehead atoms. The molecule has 1 N–H and O–H groups in total. The monoisotopic (exact) mass is 310 g/mol. The summed E-state index contributed by atoms with van der Waals surface area (Å²) in [5.41, 5.74) is -0.272. The second-order valence-electron chi connectivity index (χ2n) is 4.35. The first-order chi connectivity index (χ1) is 8.49. The lowest BCUT2D eigenvalue weighted by atomic mass is 10.1. The molecule has 1 saturated heterocycles. The molecule has 0 unspecified atom stereocenters. The van der Waals surface area contributed by atoms with Crippen molar-refractivity contribution < 1.29 is 13.6 Å². The van der Waals surface area contributed by atoms with E-state index in [2.05, 4.69) is 5.32 Å². The van der Waals surface area contributed by atoms with Crippen LogP contribution < -0.4 is 5.32 Å². The van der Waals surface area contributed by atoms with Crippen molar-refractivity contribution in [1.29, 1.82) is 0 Å². The van der Waals surface area contributed by atoms with Crippen LogP contribution in [0.15, 0.2) is 12.1 Å². The summed E-state index contributed by atoms with van der Waals surface area (Å²) >= 11 is 5.45. The normalized spacial score (nSPS) is 18.9. The van der Waals surface area contributed by atoms with E-state index >= 15 is 0 Å². The molecule has 0 aliphatic carbocycles. The summed E-state index contributed by atoms with van der Waals surface area (Å²) in [6.07, 6.45) is 0. The lowest BCUT2D eigenvalue weighted by Gasteiger charge is -2.32. The quantitative estimate of drug-likeness (QED) is 0.808. The molecule has 1 fully saturated rings. The van der Waals surface area contributed by atoms with E-state index in [9.17, 15) is 13.6 Å². The fraction of sp³-hybridized carbons (Fsp3) is 0.417. The molecular formula is C12H14Cl2F2N2O. The van der Waals surface area contributed by atoms with Crippen molar-refractivity contribution in [1.82, 2.24) is 10.2 Å². The van der Waals surface area contributed by atoms with Crippen LogP contribution in [-0.2, 0) is 0 Å². The van der Waals surface area contributed by atoms with Gasteiger partial charge in [0.15, 0.2) is 0 Å². The van der Waals surface area contributed by atoms with Crippen molar-refractivity contribution in [3.63, 3.8) is 0 Å². The predicted molar refractivity (Wildman–Crippen MR) is 72.0 cm³/mol. The number of hydrogen-bond acceptors (Lipinski definition) is 2. The van der Waals surface area contributed by atoms with Gasteiger partial charge in [0.1, 0.15) is 11.6 Å². The number of nitrogens with zero attached hydrogens (tertiary/aromatic N) is 1. The van der Waals surface area contributed by atoms with Gasteiger partial charge in [-0.3, -0.25) is 4.79 Å². The maximum absolute atomic E-state index is 13.6. The van der Waals surface area contributed by atoms with E-state index in [0.29, 0.717) is 19.6 Å². The van der Waals surface area contributed by atoms with E-state index in [0.717, 1.165) is 12.1 Å². The molecule has 1 aromatic rings. The fourth-order valence-corrected chi connectivity index (χ4v) is 2.12. The van der Waals surface area contributed by atoms with E-state index in [1.54, 1.807) is 0 Å². The number of piperazine rings is 1. The van der Waals surface area contributed by atoms with Gasteiger partial charge in [-0.25, -0.2) is 8.78 Å². The van der Waals surface area contributed by atoms with Gasteiger partial charge >= 0.3 is 0 Å². The molecule has 0 saturated carbocycles. The molecule has 1 aliphatic heterocycles. The number of halogens is 4. The van der Waals surface area contributed by atoms with Gasteiger partial charge in [-0.05, 0) is 19.1 Å². The third kappa shape index (κ3) is 3.55. The number of benzene rings is 1.